The van der Waals surface area contributed by atoms with Crippen molar-refractivity contribution in [3.8, 4) is 0 Å². The van der Waals surface area contributed by atoms with E-state index in [9.17, 15) is 0 Å². The van der Waals surface area contributed by atoms with Gasteiger partial charge in [-0.15, -0.1) is 0 Å². The Balaban J connectivity index is 2.01. The van der Waals surface area contributed by atoms with Crippen LogP contribution in [0.5, 0.6) is 0 Å². The van der Waals surface area contributed by atoms with Crippen molar-refractivity contribution in [1.29, 1.82) is 0 Å². The van der Waals surface area contributed by atoms with Crippen molar-refractivity contribution in [2.75, 3.05) is 6.16 Å². The van der Waals surface area contributed by atoms with Crippen molar-refractivity contribution >= 4 is 34.5 Å². The molecule has 3 rings (SSSR count). The lowest BCUT2D eigenvalue weighted by Crippen LogP contribution is -2.18. The molecule has 0 unspecified atom stereocenters. The third-order valence-electron chi connectivity index (χ3n) is 4.03. The molecule has 0 atom stereocenters. The molecule has 0 aliphatic carbocycles. The van der Waals surface area contributed by atoms with Crippen LogP contribution in [0.15, 0.2) is 96.6 Å². The lowest BCUT2D eigenvalue weighted by molar-refractivity contribution is 1.42. The highest BCUT2D eigenvalue weighted by atomic mass is 32.4. The molecular weight excluding hydrogens is 327 g/mol. The lowest BCUT2D eigenvalue weighted by Gasteiger charge is -2.24. The van der Waals surface area contributed by atoms with Crippen LogP contribution < -0.4 is 10.6 Å². The molecule has 0 fully saturated rings. The molecule has 3 aromatic carbocycles. The van der Waals surface area contributed by atoms with Crippen molar-refractivity contribution in [3.63, 3.8) is 0 Å². The molecule has 0 radical (unpaired) electrons. The minimum atomic E-state index is -1.85. The van der Waals surface area contributed by atoms with Gasteiger partial charge < -0.3 is 0 Å². The van der Waals surface area contributed by atoms with Crippen LogP contribution in [0.3, 0.4) is 0 Å². The van der Waals surface area contributed by atoms with Crippen LogP contribution in [0.1, 0.15) is 12.5 Å². The Morgan fingerprint density at radius 2 is 1.17 bits per heavy atom. The number of benzene rings is 3. The van der Waals surface area contributed by atoms with Gasteiger partial charge in [0.15, 0.2) is 0 Å². The highest BCUT2D eigenvalue weighted by Crippen LogP contribution is 2.45. The van der Waals surface area contributed by atoms with Crippen LogP contribution in [0, 0.1) is 0 Å². The van der Waals surface area contributed by atoms with Gasteiger partial charge in [0.05, 0.1) is 0 Å². The molecule has 0 aliphatic heterocycles. The number of allylic oxidation sites excluding steroid dienone is 1. The molecule has 0 saturated heterocycles. The summed E-state index contributed by atoms with van der Waals surface area (Å²) in [5.74, 6) is 0. The molecule has 0 N–H and O–H groups in total. The number of hydrogen-bond donors (Lipinski definition) is 0. The van der Waals surface area contributed by atoms with Crippen molar-refractivity contribution in [1.82, 2.24) is 0 Å². The molecule has 120 valence electrons. The van der Waals surface area contributed by atoms with Crippen molar-refractivity contribution in [2.45, 2.75) is 6.92 Å². The molecule has 0 aliphatic rings. The monoisotopic (exact) mass is 348 g/mol. The Labute approximate surface area is 149 Å². The zero-order valence-corrected chi connectivity index (χ0v) is 15.5. The molecule has 0 saturated carbocycles. The van der Waals surface area contributed by atoms with E-state index in [1.165, 1.54) is 21.7 Å². The van der Waals surface area contributed by atoms with E-state index in [1.54, 1.807) is 0 Å². The maximum absolute atomic E-state index is 6.30. The molecule has 0 spiro atoms. The summed E-state index contributed by atoms with van der Waals surface area (Å²) in [7, 11) is 0. The molecule has 24 heavy (non-hydrogen) atoms. The van der Waals surface area contributed by atoms with E-state index < -0.39 is 6.04 Å². The van der Waals surface area contributed by atoms with Crippen LogP contribution in [0.4, 0.5) is 0 Å². The Bertz CT molecular complexity index is 809. The summed E-state index contributed by atoms with van der Waals surface area (Å²) in [6.07, 6.45) is 3.18. The van der Waals surface area contributed by atoms with E-state index in [-0.39, 0.29) is 0 Å². The second kappa shape index (κ2) is 7.75. The predicted molar refractivity (Wildman–Crippen MR) is 111 cm³/mol. The summed E-state index contributed by atoms with van der Waals surface area (Å²) in [5, 5.41) is 2.57. The molecular formula is C22H21PS. The van der Waals surface area contributed by atoms with Crippen molar-refractivity contribution in [2.24, 2.45) is 0 Å². The standard InChI is InChI=1S/C22H21PS/c1-19(17-20-11-5-2-6-12-20)18-23(24,21-13-7-3-8-14-21)22-15-9-4-10-16-22/h2-17H,18H2,1H3/b19-17+. The second-order valence-corrected chi connectivity index (χ2v) is 10.7. The zero-order chi connectivity index (χ0) is 16.8. The molecule has 0 amide bonds. The van der Waals surface area contributed by atoms with Crippen molar-refractivity contribution in [3.05, 3.63) is 102 Å². The maximum atomic E-state index is 6.30. The molecule has 3 aromatic rings. The second-order valence-electron chi connectivity index (χ2n) is 5.97. The first-order valence-electron chi connectivity index (χ1n) is 8.11. The minimum Gasteiger partial charge on any atom is -0.0873 e. The summed E-state index contributed by atoms with van der Waals surface area (Å²) in [4.78, 5) is 0. The number of hydrogen-bond acceptors (Lipinski definition) is 1. The van der Waals surface area contributed by atoms with Crippen molar-refractivity contribution < 1.29 is 0 Å². The Hall–Kier alpha value is -1.95. The normalized spacial score (nSPS) is 12.1. The van der Waals surface area contributed by atoms with Gasteiger partial charge in [-0.1, -0.05) is 114 Å². The van der Waals surface area contributed by atoms with Gasteiger partial charge in [-0.2, -0.15) is 0 Å². The molecule has 0 heterocycles. The number of rotatable bonds is 5. The Kier molecular flexibility index (Phi) is 5.45. The molecule has 0 bridgehead atoms. The average Bonchev–Trinajstić information content (AvgIpc) is 2.64. The SMILES string of the molecule is C/C(=C\c1ccccc1)CP(=S)(c1ccccc1)c1ccccc1. The first-order chi connectivity index (χ1) is 11.7. The summed E-state index contributed by atoms with van der Waals surface area (Å²) in [6, 6.07) is 29.8. The van der Waals surface area contributed by atoms with E-state index in [4.69, 9.17) is 11.8 Å². The summed E-state index contributed by atoms with van der Waals surface area (Å²) < 4.78 is 0. The maximum Gasteiger partial charge on any atom is 0.0144 e. The first kappa shape index (κ1) is 16.9. The Morgan fingerprint density at radius 3 is 1.62 bits per heavy atom. The predicted octanol–water partition coefficient (Wildman–Crippen LogP) is 5.22. The van der Waals surface area contributed by atoms with Gasteiger partial charge >= 0.3 is 0 Å². The lowest BCUT2D eigenvalue weighted by atomic mass is 10.1. The molecule has 0 nitrogen and oxygen atoms in total. The van der Waals surface area contributed by atoms with Gasteiger partial charge in [-0.05, 0) is 23.1 Å². The van der Waals surface area contributed by atoms with E-state index in [0.717, 1.165) is 6.16 Å². The highest BCUT2D eigenvalue weighted by molar-refractivity contribution is 8.22. The average molecular weight is 348 g/mol. The van der Waals surface area contributed by atoms with Crippen LogP contribution in [0.25, 0.3) is 6.08 Å². The molecule has 0 aromatic heterocycles. The third-order valence-corrected chi connectivity index (χ3v) is 8.89. The van der Waals surface area contributed by atoms with Gasteiger partial charge in [0.25, 0.3) is 0 Å². The van der Waals surface area contributed by atoms with E-state index in [2.05, 4.69) is 97.9 Å². The van der Waals surface area contributed by atoms with E-state index >= 15 is 0 Å². The van der Waals surface area contributed by atoms with Crippen LogP contribution >= 0.6 is 6.04 Å². The fourth-order valence-corrected chi connectivity index (χ4v) is 7.01. The van der Waals surface area contributed by atoms with Gasteiger partial charge in [-0.3, -0.25) is 0 Å². The minimum absolute atomic E-state index is 0.922. The van der Waals surface area contributed by atoms with E-state index in [1.807, 2.05) is 6.07 Å². The van der Waals surface area contributed by atoms with Gasteiger partial charge in [0.1, 0.15) is 0 Å². The largest absolute Gasteiger partial charge is 0.0873 e. The first-order valence-corrected chi connectivity index (χ1v) is 11.1. The Morgan fingerprint density at radius 1 is 0.750 bits per heavy atom. The van der Waals surface area contributed by atoms with Crippen LogP contribution in [0.2, 0.25) is 0 Å². The fourth-order valence-electron chi connectivity index (χ4n) is 2.90. The van der Waals surface area contributed by atoms with Gasteiger partial charge in [-0.25, -0.2) is 0 Å². The summed E-state index contributed by atoms with van der Waals surface area (Å²) in [5.41, 5.74) is 2.56. The topological polar surface area (TPSA) is 0 Å². The highest BCUT2D eigenvalue weighted by Gasteiger charge is 2.22. The van der Waals surface area contributed by atoms with Gasteiger partial charge in [0.2, 0.25) is 0 Å². The van der Waals surface area contributed by atoms with E-state index in [0.29, 0.717) is 0 Å². The van der Waals surface area contributed by atoms with Crippen LogP contribution in [-0.4, -0.2) is 6.16 Å². The molecule has 2 heteroatoms. The third kappa shape index (κ3) is 3.93. The summed E-state index contributed by atoms with van der Waals surface area (Å²) in [6.45, 7) is 2.19. The zero-order valence-electron chi connectivity index (χ0n) is 13.8. The quantitative estimate of drug-likeness (QED) is 0.570. The van der Waals surface area contributed by atoms with Crippen LogP contribution in [-0.2, 0) is 11.8 Å². The van der Waals surface area contributed by atoms with Gasteiger partial charge in [0, 0.05) is 12.2 Å². The summed E-state index contributed by atoms with van der Waals surface area (Å²) >= 11 is 6.30. The smallest absolute Gasteiger partial charge is 0.0144 e. The fraction of sp³-hybridized carbons (Fsp3) is 0.0909.